The Kier molecular flexibility index (Phi) is 6.15. The van der Waals surface area contributed by atoms with E-state index in [1.165, 1.54) is 28.8 Å². The van der Waals surface area contributed by atoms with Crippen LogP contribution in [0.4, 0.5) is 4.39 Å². The summed E-state index contributed by atoms with van der Waals surface area (Å²) in [7, 11) is 2.04. The van der Waals surface area contributed by atoms with Crippen molar-refractivity contribution >= 4 is 12.4 Å². The molecule has 0 saturated heterocycles. The summed E-state index contributed by atoms with van der Waals surface area (Å²) < 4.78 is 18.8. The van der Waals surface area contributed by atoms with Gasteiger partial charge in [-0.2, -0.15) is 0 Å². The summed E-state index contributed by atoms with van der Waals surface area (Å²) in [6, 6.07) is 23.5. The largest absolute Gasteiger partial charge is 0.457 e. The van der Waals surface area contributed by atoms with Gasteiger partial charge in [-0.05, 0) is 73.0 Å². The van der Waals surface area contributed by atoms with Crippen molar-refractivity contribution in [3.05, 3.63) is 95.3 Å². The Morgan fingerprint density at radius 2 is 1.56 bits per heavy atom. The van der Waals surface area contributed by atoms with Crippen molar-refractivity contribution < 1.29 is 9.13 Å². The second-order valence-electron chi connectivity index (χ2n) is 6.81. The predicted molar refractivity (Wildman–Crippen MR) is 110 cm³/mol. The van der Waals surface area contributed by atoms with Crippen LogP contribution in [0.25, 0.3) is 0 Å². The van der Waals surface area contributed by atoms with Gasteiger partial charge in [-0.3, -0.25) is 0 Å². The van der Waals surface area contributed by atoms with Crippen LogP contribution < -0.4 is 10.1 Å². The average Bonchev–Trinajstić information content (AvgIpc) is 3.03. The summed E-state index contributed by atoms with van der Waals surface area (Å²) in [6.45, 7) is 0. The van der Waals surface area contributed by atoms with Crippen molar-refractivity contribution in [2.24, 2.45) is 0 Å². The van der Waals surface area contributed by atoms with Crippen molar-refractivity contribution in [2.75, 3.05) is 7.05 Å². The van der Waals surface area contributed by atoms with E-state index >= 15 is 0 Å². The van der Waals surface area contributed by atoms with Crippen LogP contribution in [0, 0.1) is 5.82 Å². The fourth-order valence-corrected chi connectivity index (χ4v) is 3.82. The molecule has 4 rings (SSSR count). The van der Waals surface area contributed by atoms with Gasteiger partial charge in [0.2, 0.25) is 0 Å². The zero-order chi connectivity index (χ0) is 17.9. The van der Waals surface area contributed by atoms with Crippen LogP contribution in [-0.4, -0.2) is 13.1 Å². The first-order chi connectivity index (χ1) is 12.7. The molecule has 0 amide bonds. The van der Waals surface area contributed by atoms with E-state index in [1.54, 1.807) is 12.1 Å². The monoisotopic (exact) mass is 383 g/mol. The molecular formula is C23H23ClFNO. The molecule has 0 heterocycles. The maximum Gasteiger partial charge on any atom is 0.127 e. The van der Waals surface area contributed by atoms with Crippen LogP contribution in [0.3, 0.4) is 0 Å². The molecule has 140 valence electrons. The molecule has 1 N–H and O–H groups in total. The van der Waals surface area contributed by atoms with E-state index in [4.69, 9.17) is 4.74 Å². The van der Waals surface area contributed by atoms with Crippen LogP contribution in [-0.2, 0) is 12.8 Å². The van der Waals surface area contributed by atoms with Gasteiger partial charge in [-0.1, -0.05) is 36.4 Å². The number of rotatable bonds is 5. The Balaban J connectivity index is 0.00000210. The van der Waals surface area contributed by atoms with Crippen molar-refractivity contribution in [3.63, 3.8) is 0 Å². The fraction of sp³-hybridized carbons (Fsp3) is 0.217. The number of benzene rings is 3. The molecule has 0 spiro atoms. The summed E-state index contributed by atoms with van der Waals surface area (Å²) in [6.07, 6.45) is 2.09. The molecular weight excluding hydrogens is 361 g/mol. The van der Waals surface area contributed by atoms with E-state index in [1.807, 2.05) is 19.2 Å². The first kappa shape index (κ1) is 19.4. The molecule has 3 aromatic carbocycles. The Hall–Kier alpha value is -2.36. The summed E-state index contributed by atoms with van der Waals surface area (Å²) in [5.41, 5.74) is 4.20. The van der Waals surface area contributed by atoms with E-state index in [-0.39, 0.29) is 18.2 Å². The van der Waals surface area contributed by atoms with Gasteiger partial charge in [0.15, 0.2) is 0 Å². The van der Waals surface area contributed by atoms with Gasteiger partial charge in [0, 0.05) is 12.0 Å². The van der Waals surface area contributed by atoms with Crippen molar-refractivity contribution in [1.29, 1.82) is 0 Å². The molecule has 0 aliphatic heterocycles. The third kappa shape index (κ3) is 4.32. The molecule has 1 aliphatic carbocycles. The molecule has 0 radical (unpaired) electrons. The molecule has 4 heteroatoms. The first-order valence-electron chi connectivity index (χ1n) is 9.00. The molecule has 2 atom stereocenters. The Bertz CT molecular complexity index is 880. The lowest BCUT2D eigenvalue weighted by atomic mass is 9.91. The van der Waals surface area contributed by atoms with Crippen molar-refractivity contribution in [2.45, 2.75) is 24.8 Å². The maximum atomic E-state index is 13.0. The number of hydrogen-bond acceptors (Lipinski definition) is 2. The van der Waals surface area contributed by atoms with E-state index in [0.717, 1.165) is 18.6 Å². The van der Waals surface area contributed by atoms with Crippen LogP contribution in [0.5, 0.6) is 11.5 Å². The zero-order valence-electron chi connectivity index (χ0n) is 15.2. The van der Waals surface area contributed by atoms with Gasteiger partial charge in [0.1, 0.15) is 17.3 Å². The van der Waals surface area contributed by atoms with E-state index < -0.39 is 0 Å². The standard InChI is InChI=1S/C23H22FNO.ClH/c1-25-23-15-17-4-2-3-5-21(17)22(23)14-16-6-10-19(11-7-16)26-20-12-8-18(24)9-13-20;/h2-13,22-23,25H,14-15H2,1H3;1H/t22-,23+;/m1./s1. The summed E-state index contributed by atoms with van der Waals surface area (Å²) >= 11 is 0. The number of halogens is 2. The Morgan fingerprint density at radius 1 is 0.926 bits per heavy atom. The molecule has 1 aliphatic rings. The number of hydrogen-bond donors (Lipinski definition) is 1. The van der Waals surface area contributed by atoms with Gasteiger partial charge in [-0.25, -0.2) is 4.39 Å². The highest BCUT2D eigenvalue weighted by atomic mass is 35.5. The number of likely N-dealkylation sites (N-methyl/N-ethyl adjacent to an activating group) is 1. The van der Waals surface area contributed by atoms with Gasteiger partial charge in [0.05, 0.1) is 0 Å². The Morgan fingerprint density at radius 3 is 2.22 bits per heavy atom. The predicted octanol–water partition coefficient (Wildman–Crippen LogP) is 5.51. The zero-order valence-corrected chi connectivity index (χ0v) is 16.0. The van der Waals surface area contributed by atoms with E-state index in [0.29, 0.717) is 17.7 Å². The minimum absolute atomic E-state index is 0. The fourth-order valence-electron chi connectivity index (χ4n) is 3.82. The van der Waals surface area contributed by atoms with Crippen LogP contribution in [0.15, 0.2) is 72.8 Å². The summed E-state index contributed by atoms with van der Waals surface area (Å²) in [5, 5.41) is 3.47. The second kappa shape index (κ2) is 8.55. The summed E-state index contributed by atoms with van der Waals surface area (Å²) in [5.74, 6) is 1.63. The molecule has 0 fully saturated rings. The summed E-state index contributed by atoms with van der Waals surface area (Å²) in [4.78, 5) is 0. The van der Waals surface area contributed by atoms with Gasteiger partial charge in [-0.15, -0.1) is 12.4 Å². The molecule has 0 unspecified atom stereocenters. The minimum atomic E-state index is -0.261. The molecule has 3 aromatic rings. The normalized spacial score (nSPS) is 17.9. The maximum absolute atomic E-state index is 13.0. The SMILES string of the molecule is CN[C@H]1Cc2ccccc2[C@H]1Cc1ccc(Oc2ccc(F)cc2)cc1.Cl. The van der Waals surface area contributed by atoms with Crippen molar-refractivity contribution in [1.82, 2.24) is 5.32 Å². The van der Waals surface area contributed by atoms with Gasteiger partial charge >= 0.3 is 0 Å². The molecule has 2 nitrogen and oxygen atoms in total. The average molecular weight is 384 g/mol. The van der Waals surface area contributed by atoms with E-state index in [9.17, 15) is 4.39 Å². The lowest BCUT2D eigenvalue weighted by molar-refractivity contribution is 0.478. The molecule has 0 saturated carbocycles. The van der Waals surface area contributed by atoms with E-state index in [2.05, 4.69) is 41.7 Å². The van der Waals surface area contributed by atoms with Crippen LogP contribution >= 0.6 is 12.4 Å². The molecule has 0 bridgehead atoms. The Labute approximate surface area is 165 Å². The highest BCUT2D eigenvalue weighted by Gasteiger charge is 2.30. The molecule has 27 heavy (non-hydrogen) atoms. The minimum Gasteiger partial charge on any atom is -0.457 e. The second-order valence-corrected chi connectivity index (χ2v) is 6.81. The van der Waals surface area contributed by atoms with Crippen LogP contribution in [0.2, 0.25) is 0 Å². The highest BCUT2D eigenvalue weighted by Crippen LogP contribution is 2.36. The number of fused-ring (bicyclic) bond motifs is 1. The smallest absolute Gasteiger partial charge is 0.127 e. The van der Waals surface area contributed by atoms with Crippen molar-refractivity contribution in [3.8, 4) is 11.5 Å². The third-order valence-corrected chi connectivity index (χ3v) is 5.18. The third-order valence-electron chi connectivity index (χ3n) is 5.18. The number of ether oxygens (including phenoxy) is 1. The highest BCUT2D eigenvalue weighted by molar-refractivity contribution is 5.85. The lowest BCUT2D eigenvalue weighted by Crippen LogP contribution is -2.30. The van der Waals surface area contributed by atoms with Crippen LogP contribution in [0.1, 0.15) is 22.6 Å². The molecule has 0 aromatic heterocycles. The number of nitrogens with one attached hydrogen (secondary N) is 1. The van der Waals surface area contributed by atoms with Gasteiger partial charge < -0.3 is 10.1 Å². The first-order valence-corrected chi connectivity index (χ1v) is 9.00. The lowest BCUT2D eigenvalue weighted by Gasteiger charge is -2.20. The van der Waals surface area contributed by atoms with Gasteiger partial charge in [0.25, 0.3) is 0 Å². The quantitative estimate of drug-likeness (QED) is 0.627. The topological polar surface area (TPSA) is 21.3 Å².